The fourth-order valence-electron chi connectivity index (χ4n) is 9.17. The molecule has 7 heteroatoms. The monoisotopic (exact) mass is 489 g/mol. The summed E-state index contributed by atoms with van der Waals surface area (Å²) in [5.74, 6) is 0.665. The zero-order valence-electron chi connectivity index (χ0n) is 21.6. The minimum absolute atomic E-state index is 0.0521. The van der Waals surface area contributed by atoms with E-state index in [-0.39, 0.29) is 28.5 Å². The van der Waals surface area contributed by atoms with Crippen LogP contribution in [-0.4, -0.2) is 23.3 Å². The van der Waals surface area contributed by atoms with Crippen LogP contribution in [0.4, 0.5) is 5.69 Å². The molecule has 0 spiro atoms. The van der Waals surface area contributed by atoms with E-state index in [1.807, 2.05) is 25.1 Å². The molecule has 7 nitrogen and oxygen atoms in total. The molecule has 5 aliphatic rings. The third-order valence-electron chi connectivity index (χ3n) is 10.9. The number of hydrogen-bond acceptors (Lipinski definition) is 5. The number of nitrogens with zero attached hydrogens (tertiary/aromatic N) is 3. The molecule has 1 heterocycles. The van der Waals surface area contributed by atoms with Crippen molar-refractivity contribution in [3.63, 3.8) is 0 Å². The first-order valence-electron chi connectivity index (χ1n) is 13.4. The molecular weight excluding hydrogens is 454 g/mol. The maximum absolute atomic E-state index is 13.5. The van der Waals surface area contributed by atoms with Gasteiger partial charge in [-0.3, -0.25) is 9.59 Å². The number of ether oxygens (including phenoxy) is 2. The molecule has 0 aromatic heterocycles. The molecular formula is C29H35N3O4. The van der Waals surface area contributed by atoms with Crippen molar-refractivity contribution in [2.24, 2.45) is 33.7 Å². The van der Waals surface area contributed by atoms with Gasteiger partial charge >= 0.3 is 0 Å². The minimum Gasteiger partial charge on any atom is -0.339 e. The lowest BCUT2D eigenvalue weighted by Gasteiger charge is -2.59. The van der Waals surface area contributed by atoms with Gasteiger partial charge in [0.15, 0.2) is 23.0 Å². The number of azide groups is 1. The second-order valence-electron chi connectivity index (χ2n) is 12.3. The van der Waals surface area contributed by atoms with Crippen molar-refractivity contribution in [3.05, 3.63) is 51.9 Å². The average Bonchev–Trinajstić information content (AvgIpc) is 3.29. The Labute approximate surface area is 212 Å². The number of carbonyl (C=O) groups excluding carboxylic acids is 2. The summed E-state index contributed by atoms with van der Waals surface area (Å²) >= 11 is 0. The van der Waals surface area contributed by atoms with Crippen LogP contribution >= 0.6 is 0 Å². The number of hydrogen-bond donors (Lipinski definition) is 0. The molecule has 0 radical (unpaired) electrons. The number of carbonyl (C=O) groups is 2. The predicted molar refractivity (Wildman–Crippen MR) is 134 cm³/mol. The highest BCUT2D eigenvalue weighted by atomic mass is 16.8. The molecule has 4 unspecified atom stereocenters. The van der Waals surface area contributed by atoms with Crippen molar-refractivity contribution >= 4 is 17.3 Å². The third kappa shape index (κ3) is 2.97. The first-order valence-corrected chi connectivity index (χ1v) is 13.4. The van der Waals surface area contributed by atoms with Crippen LogP contribution in [-0.2, 0) is 24.8 Å². The molecule has 1 saturated heterocycles. The van der Waals surface area contributed by atoms with Crippen molar-refractivity contribution < 1.29 is 19.1 Å². The molecule has 6 rings (SSSR count). The quantitative estimate of drug-likeness (QED) is 0.268. The van der Waals surface area contributed by atoms with Gasteiger partial charge in [-0.15, -0.1) is 0 Å². The largest absolute Gasteiger partial charge is 0.339 e. The van der Waals surface area contributed by atoms with Gasteiger partial charge in [-0.25, -0.2) is 0 Å². The summed E-state index contributed by atoms with van der Waals surface area (Å²) in [7, 11) is 0. The van der Waals surface area contributed by atoms with Crippen LogP contribution in [0.15, 0.2) is 41.0 Å². The molecule has 36 heavy (non-hydrogen) atoms. The van der Waals surface area contributed by atoms with Crippen LogP contribution in [0, 0.1) is 28.6 Å². The molecule has 3 saturated carbocycles. The number of benzene rings is 1. The molecule has 1 aliphatic heterocycles. The van der Waals surface area contributed by atoms with Crippen molar-refractivity contribution in [2.75, 3.05) is 0 Å². The fraction of sp³-hybridized carbons (Fsp3) is 0.655. The van der Waals surface area contributed by atoms with Gasteiger partial charge in [0.2, 0.25) is 0 Å². The van der Waals surface area contributed by atoms with Crippen molar-refractivity contribution in [2.45, 2.75) is 90.1 Å². The Hall–Kier alpha value is -2.47. The Morgan fingerprint density at radius 1 is 1.08 bits per heavy atom. The van der Waals surface area contributed by atoms with Gasteiger partial charge in [-0.2, -0.15) is 0 Å². The van der Waals surface area contributed by atoms with Gasteiger partial charge < -0.3 is 9.47 Å². The minimum atomic E-state index is -1.05. The number of Topliss-reactive ketones (excluding diaryl/α,β-unsaturated/α-hetero) is 1. The number of rotatable bonds is 3. The van der Waals surface area contributed by atoms with Gasteiger partial charge in [0, 0.05) is 28.0 Å². The maximum Gasteiger partial charge on any atom is 0.193 e. The van der Waals surface area contributed by atoms with Crippen LogP contribution in [0.5, 0.6) is 0 Å². The molecule has 190 valence electrons. The Balaban J connectivity index is 1.35. The van der Waals surface area contributed by atoms with E-state index in [9.17, 15) is 9.59 Å². The summed E-state index contributed by atoms with van der Waals surface area (Å²) in [5, 5.41) is 3.66. The number of ketones is 2. The lowest BCUT2D eigenvalue weighted by atomic mass is 9.46. The van der Waals surface area contributed by atoms with Crippen molar-refractivity contribution in [1.82, 2.24) is 0 Å². The summed E-state index contributed by atoms with van der Waals surface area (Å²) in [5.41, 5.74) is 10.2. The van der Waals surface area contributed by atoms with Crippen LogP contribution in [0.2, 0.25) is 0 Å². The Morgan fingerprint density at radius 2 is 1.83 bits per heavy atom. The first-order chi connectivity index (χ1) is 17.1. The summed E-state index contributed by atoms with van der Waals surface area (Å²) < 4.78 is 13.6. The smallest absolute Gasteiger partial charge is 0.193 e. The summed E-state index contributed by atoms with van der Waals surface area (Å²) in [6.45, 7) is 8.22. The Bertz CT molecular complexity index is 1220. The Kier molecular flexibility index (Phi) is 5.16. The lowest BCUT2D eigenvalue weighted by Crippen LogP contribution is -2.59. The topological polar surface area (TPSA) is 101 Å². The first kappa shape index (κ1) is 23.9. The molecule has 1 aromatic rings. The van der Waals surface area contributed by atoms with Gasteiger partial charge in [0.1, 0.15) is 0 Å². The van der Waals surface area contributed by atoms with Gasteiger partial charge in [-0.05, 0) is 87.1 Å². The summed E-state index contributed by atoms with van der Waals surface area (Å²) in [6, 6.07) is 7.21. The van der Waals surface area contributed by atoms with E-state index in [4.69, 9.17) is 15.0 Å². The van der Waals surface area contributed by atoms with Crippen LogP contribution in [0.3, 0.4) is 0 Å². The zero-order valence-corrected chi connectivity index (χ0v) is 21.6. The second-order valence-corrected chi connectivity index (χ2v) is 12.3. The predicted octanol–water partition coefficient (Wildman–Crippen LogP) is 6.69. The molecule has 4 fully saturated rings. The molecule has 4 aliphatic carbocycles. The Morgan fingerprint density at radius 3 is 2.53 bits per heavy atom. The van der Waals surface area contributed by atoms with E-state index in [1.54, 1.807) is 19.1 Å². The van der Waals surface area contributed by atoms with Crippen molar-refractivity contribution in [1.29, 1.82) is 0 Å². The maximum atomic E-state index is 13.5. The van der Waals surface area contributed by atoms with E-state index in [2.05, 4.69) is 23.9 Å². The van der Waals surface area contributed by atoms with Crippen LogP contribution in [0.25, 0.3) is 10.4 Å². The van der Waals surface area contributed by atoms with E-state index in [0.717, 1.165) is 44.1 Å². The second kappa shape index (κ2) is 7.77. The van der Waals surface area contributed by atoms with E-state index >= 15 is 0 Å². The molecule has 0 bridgehead atoms. The average molecular weight is 490 g/mol. The van der Waals surface area contributed by atoms with Gasteiger partial charge in [0.05, 0.1) is 6.10 Å². The summed E-state index contributed by atoms with van der Waals surface area (Å²) in [6.07, 6.45) is 8.06. The molecule has 1 aromatic carbocycles. The lowest BCUT2D eigenvalue weighted by molar-refractivity contribution is -0.227. The van der Waals surface area contributed by atoms with E-state index in [1.165, 1.54) is 5.57 Å². The van der Waals surface area contributed by atoms with Gasteiger partial charge in [0.25, 0.3) is 0 Å². The molecule has 0 N–H and O–H groups in total. The third-order valence-corrected chi connectivity index (χ3v) is 10.9. The highest BCUT2D eigenvalue weighted by Gasteiger charge is 2.75. The highest BCUT2D eigenvalue weighted by Crippen LogP contribution is 2.71. The number of allylic oxidation sites excluding steroid dienone is 1. The highest BCUT2D eigenvalue weighted by molar-refractivity contribution is 5.91. The zero-order chi connectivity index (χ0) is 25.5. The summed E-state index contributed by atoms with van der Waals surface area (Å²) in [4.78, 5) is 28.6. The van der Waals surface area contributed by atoms with Crippen molar-refractivity contribution in [3.8, 4) is 0 Å². The molecule has 8 atom stereocenters. The molecule has 0 amide bonds. The fourth-order valence-corrected chi connectivity index (χ4v) is 9.17. The number of fused-ring (bicyclic) bond motifs is 7. The normalized spacial score (nSPS) is 45.0. The SMILES string of the molecule is CC(=O)[C@@]12OC(C)(c3ccc(N=[N+]=[N-])cc3)O[C@@H]1CC1C3CCC4=CC(=O)CC[C@]4(C)C3CC[C@@]12C. The van der Waals surface area contributed by atoms with E-state index < -0.39 is 11.4 Å². The van der Waals surface area contributed by atoms with Gasteiger partial charge in [-0.1, -0.05) is 48.8 Å². The van der Waals surface area contributed by atoms with Crippen LogP contribution < -0.4 is 0 Å². The van der Waals surface area contributed by atoms with E-state index in [0.29, 0.717) is 29.9 Å². The van der Waals surface area contributed by atoms with Crippen LogP contribution in [0.1, 0.15) is 78.2 Å². The standard InChI is InChI=1S/C29H35N3O4/c1-17(33)29-25(35-28(4,36-29)18-5-8-20(9-6-18)31-32-30)16-24-22-10-7-19-15-21(34)11-13-26(19,2)23(22)12-14-27(24,29)3/h5-6,8-9,15,22-25H,7,10-14,16H2,1-4H3/t22?,23?,24?,25-,26+,27+,28?,29-/m1/s1.